The molecule has 0 radical (unpaired) electrons. The molecule has 3 N–H and O–H groups in total. The van der Waals surface area contributed by atoms with E-state index in [0.29, 0.717) is 5.69 Å². The maximum atomic E-state index is 14.4. The van der Waals surface area contributed by atoms with Crippen molar-refractivity contribution in [1.29, 1.82) is 0 Å². The molecule has 122 valence electrons. The molecule has 0 unspecified atom stereocenters. The van der Waals surface area contributed by atoms with Gasteiger partial charge < -0.3 is 5.32 Å². The van der Waals surface area contributed by atoms with E-state index in [2.05, 4.69) is 33.0 Å². The predicted octanol–water partition coefficient (Wildman–Crippen LogP) is 3.48. The summed E-state index contributed by atoms with van der Waals surface area (Å²) < 4.78 is 16.8. The van der Waals surface area contributed by atoms with E-state index in [1.165, 1.54) is 23.0 Å². The van der Waals surface area contributed by atoms with E-state index in [1.54, 1.807) is 17.7 Å². The molecule has 8 heteroatoms. The molecule has 0 bridgehead atoms. The second-order valence-electron chi connectivity index (χ2n) is 4.87. The van der Waals surface area contributed by atoms with Crippen LogP contribution in [0.15, 0.2) is 54.9 Å². The molecule has 3 aromatic rings. The number of benzene rings is 2. The van der Waals surface area contributed by atoms with E-state index in [-0.39, 0.29) is 16.9 Å². The van der Waals surface area contributed by atoms with Gasteiger partial charge in [0.25, 0.3) is 5.91 Å². The third kappa shape index (κ3) is 3.39. The zero-order valence-electron chi connectivity index (χ0n) is 12.2. The third-order valence-corrected chi connectivity index (χ3v) is 4.03. The molecule has 0 aliphatic carbocycles. The Morgan fingerprint density at radius 1 is 1.25 bits per heavy atom. The van der Waals surface area contributed by atoms with Crippen LogP contribution in [-0.4, -0.2) is 20.9 Å². The number of hydrogen-bond donors (Lipinski definition) is 3. The van der Waals surface area contributed by atoms with Gasteiger partial charge in [0.2, 0.25) is 0 Å². The first-order valence-electron chi connectivity index (χ1n) is 6.89. The summed E-state index contributed by atoms with van der Waals surface area (Å²) in [5.74, 6) is -1.31. The van der Waals surface area contributed by atoms with Crippen molar-refractivity contribution in [3.63, 3.8) is 0 Å². The number of carbonyl (C=O) groups excluding carboxylic acids is 1. The summed E-state index contributed by atoms with van der Waals surface area (Å²) in [4.78, 5) is 12.0. The summed E-state index contributed by atoms with van der Waals surface area (Å²) >= 11 is 2.17. The Kier molecular flexibility index (Phi) is 4.76. The number of nitrogens with zero attached hydrogens (tertiary/aromatic N) is 2. The van der Waals surface area contributed by atoms with E-state index in [0.717, 1.165) is 3.57 Å². The molecule has 0 atom stereocenters. The average molecular weight is 438 g/mol. The van der Waals surface area contributed by atoms with E-state index < -0.39 is 11.7 Å². The minimum atomic E-state index is -0.753. The first-order valence-corrected chi connectivity index (χ1v) is 7.97. The zero-order valence-corrected chi connectivity index (χ0v) is 14.4. The SMILES string of the molecule is O=C(NO)c1cc(-n2cccn2)c(F)cc1Nc1ccc(I)cc1. The van der Waals surface area contributed by atoms with Crippen molar-refractivity contribution >= 4 is 39.9 Å². The Morgan fingerprint density at radius 2 is 2.00 bits per heavy atom. The molecular weight excluding hydrogens is 426 g/mol. The van der Waals surface area contributed by atoms with Crippen LogP contribution >= 0.6 is 22.6 Å². The van der Waals surface area contributed by atoms with Crippen molar-refractivity contribution in [1.82, 2.24) is 15.3 Å². The van der Waals surface area contributed by atoms with Crippen LogP contribution in [0, 0.1) is 9.39 Å². The molecule has 6 nitrogen and oxygen atoms in total. The molecule has 1 heterocycles. The van der Waals surface area contributed by atoms with Gasteiger partial charge in [-0.25, -0.2) is 14.6 Å². The Morgan fingerprint density at radius 3 is 2.62 bits per heavy atom. The Labute approximate surface area is 150 Å². The molecule has 1 amide bonds. The first-order chi connectivity index (χ1) is 11.6. The summed E-state index contributed by atoms with van der Waals surface area (Å²) in [6.45, 7) is 0. The van der Waals surface area contributed by atoms with Gasteiger partial charge in [-0.05, 0) is 59.0 Å². The standard InChI is InChI=1S/C16H12FIN4O2/c17-13-9-14(20-11-4-2-10(18)3-5-11)12(16(23)21-24)8-15(13)22-7-1-6-19-22/h1-9,20,24H,(H,21,23). The van der Waals surface area contributed by atoms with Crippen molar-refractivity contribution in [2.24, 2.45) is 0 Å². The first kappa shape index (κ1) is 16.4. The number of aromatic nitrogens is 2. The number of hydrogen-bond acceptors (Lipinski definition) is 4. The van der Waals surface area contributed by atoms with E-state index >= 15 is 0 Å². The van der Waals surface area contributed by atoms with Crippen LogP contribution in [0.5, 0.6) is 0 Å². The largest absolute Gasteiger partial charge is 0.355 e. The van der Waals surface area contributed by atoms with Gasteiger partial charge in [-0.15, -0.1) is 0 Å². The molecule has 0 aliphatic heterocycles. The fourth-order valence-electron chi connectivity index (χ4n) is 2.19. The Balaban J connectivity index is 2.06. The highest BCUT2D eigenvalue weighted by molar-refractivity contribution is 14.1. The molecule has 2 aromatic carbocycles. The fraction of sp³-hybridized carbons (Fsp3) is 0. The number of rotatable bonds is 4. The third-order valence-electron chi connectivity index (χ3n) is 3.31. The summed E-state index contributed by atoms with van der Waals surface area (Å²) in [5, 5.41) is 15.9. The van der Waals surface area contributed by atoms with E-state index in [1.807, 2.05) is 24.3 Å². The molecular formula is C16H12FIN4O2. The second kappa shape index (κ2) is 6.97. The lowest BCUT2D eigenvalue weighted by atomic mass is 10.1. The number of nitrogens with one attached hydrogen (secondary N) is 2. The number of hydroxylamine groups is 1. The smallest absolute Gasteiger partial charge is 0.276 e. The van der Waals surface area contributed by atoms with Gasteiger partial charge in [0.15, 0.2) is 5.82 Å². The van der Waals surface area contributed by atoms with Crippen LogP contribution in [0.4, 0.5) is 15.8 Å². The molecule has 0 fully saturated rings. The van der Waals surface area contributed by atoms with E-state index in [9.17, 15) is 9.18 Å². The van der Waals surface area contributed by atoms with Crippen LogP contribution in [0.1, 0.15) is 10.4 Å². The Bertz CT molecular complexity index is 867. The van der Waals surface area contributed by atoms with Gasteiger partial charge in [0.05, 0.1) is 11.3 Å². The highest BCUT2D eigenvalue weighted by Gasteiger charge is 2.17. The lowest BCUT2D eigenvalue weighted by Gasteiger charge is -2.14. The lowest BCUT2D eigenvalue weighted by molar-refractivity contribution is 0.0707. The monoisotopic (exact) mass is 438 g/mol. The molecule has 3 rings (SSSR count). The summed E-state index contributed by atoms with van der Waals surface area (Å²) in [5.41, 5.74) is 2.69. The molecule has 0 spiro atoms. The van der Waals surface area contributed by atoms with Crippen molar-refractivity contribution < 1.29 is 14.4 Å². The number of anilines is 2. The van der Waals surface area contributed by atoms with Crippen LogP contribution in [0.2, 0.25) is 0 Å². The maximum Gasteiger partial charge on any atom is 0.276 e. The minimum Gasteiger partial charge on any atom is -0.355 e. The van der Waals surface area contributed by atoms with Crippen LogP contribution in [0.25, 0.3) is 5.69 Å². The Hall–Kier alpha value is -2.46. The predicted molar refractivity (Wildman–Crippen MR) is 95.2 cm³/mol. The van der Waals surface area contributed by atoms with E-state index in [4.69, 9.17) is 5.21 Å². The number of amides is 1. The fourth-order valence-corrected chi connectivity index (χ4v) is 2.55. The summed E-state index contributed by atoms with van der Waals surface area (Å²) in [6.07, 6.45) is 3.06. The highest BCUT2D eigenvalue weighted by Crippen LogP contribution is 2.26. The molecule has 24 heavy (non-hydrogen) atoms. The quantitative estimate of drug-likeness (QED) is 0.331. The zero-order chi connectivity index (χ0) is 17.1. The van der Waals surface area contributed by atoms with Gasteiger partial charge in [0, 0.05) is 27.7 Å². The second-order valence-corrected chi connectivity index (χ2v) is 6.12. The highest BCUT2D eigenvalue weighted by atomic mass is 127. The maximum absolute atomic E-state index is 14.4. The molecule has 0 saturated heterocycles. The lowest BCUT2D eigenvalue weighted by Crippen LogP contribution is -2.20. The number of halogens is 2. The van der Waals surface area contributed by atoms with Crippen LogP contribution < -0.4 is 10.8 Å². The normalized spacial score (nSPS) is 10.5. The summed E-state index contributed by atoms with van der Waals surface area (Å²) in [7, 11) is 0. The topological polar surface area (TPSA) is 79.2 Å². The minimum absolute atomic E-state index is 0.0861. The molecule has 1 aromatic heterocycles. The van der Waals surface area contributed by atoms with Gasteiger partial charge in [-0.1, -0.05) is 0 Å². The van der Waals surface area contributed by atoms with Gasteiger partial charge >= 0.3 is 0 Å². The van der Waals surface area contributed by atoms with Crippen LogP contribution in [0.3, 0.4) is 0 Å². The van der Waals surface area contributed by atoms with Gasteiger partial charge in [-0.2, -0.15) is 5.10 Å². The van der Waals surface area contributed by atoms with Gasteiger partial charge in [-0.3, -0.25) is 10.0 Å². The molecule has 0 aliphatic rings. The molecule has 0 saturated carbocycles. The number of carbonyl (C=O) groups is 1. The van der Waals surface area contributed by atoms with Gasteiger partial charge in [0.1, 0.15) is 5.69 Å². The van der Waals surface area contributed by atoms with Crippen molar-refractivity contribution in [3.05, 3.63) is 69.8 Å². The average Bonchev–Trinajstić information content (AvgIpc) is 3.11. The van der Waals surface area contributed by atoms with Crippen LogP contribution in [-0.2, 0) is 0 Å². The summed E-state index contributed by atoms with van der Waals surface area (Å²) in [6, 6.07) is 11.5. The van der Waals surface area contributed by atoms with Crippen molar-refractivity contribution in [3.8, 4) is 5.69 Å². The van der Waals surface area contributed by atoms with Crippen molar-refractivity contribution in [2.45, 2.75) is 0 Å². The van der Waals surface area contributed by atoms with Crippen molar-refractivity contribution in [2.75, 3.05) is 5.32 Å².